The van der Waals surface area contributed by atoms with E-state index in [0.717, 1.165) is 25.3 Å². The molecule has 1 heterocycles. The number of likely N-dealkylation sites (tertiary alicyclic amines) is 1. The highest BCUT2D eigenvalue weighted by Crippen LogP contribution is 2.34. The third-order valence-corrected chi connectivity index (χ3v) is 4.10. The van der Waals surface area contributed by atoms with E-state index < -0.39 is 0 Å². The lowest BCUT2D eigenvalue weighted by atomic mass is 9.75. The summed E-state index contributed by atoms with van der Waals surface area (Å²) in [6.07, 6.45) is 5.49. The van der Waals surface area contributed by atoms with Gasteiger partial charge in [0.05, 0.1) is 0 Å². The number of nitrogens with two attached hydrogens (primary N) is 1. The Morgan fingerprint density at radius 1 is 1.28 bits per heavy atom. The minimum atomic E-state index is 0.349. The third kappa shape index (κ3) is 5.25. The number of unbranched alkanes of at least 4 members (excludes halogenated alkanes) is 1. The molecule has 106 valence electrons. The van der Waals surface area contributed by atoms with Gasteiger partial charge in [-0.1, -0.05) is 25.9 Å². The maximum absolute atomic E-state index is 8.44. The lowest BCUT2D eigenvalue weighted by molar-refractivity contribution is 0.111. The van der Waals surface area contributed by atoms with Crippen LogP contribution < -0.4 is 5.73 Å². The average molecular weight is 255 g/mol. The van der Waals surface area contributed by atoms with Crippen LogP contribution in [0.25, 0.3) is 0 Å². The SMILES string of the molecule is CC(C)(C)C1CCN(CCCCC(N)=NO)CC1. The van der Waals surface area contributed by atoms with Gasteiger partial charge < -0.3 is 15.8 Å². The molecule has 1 rings (SSSR count). The van der Waals surface area contributed by atoms with Gasteiger partial charge in [0.1, 0.15) is 5.84 Å². The van der Waals surface area contributed by atoms with Gasteiger partial charge in [-0.05, 0) is 56.7 Å². The van der Waals surface area contributed by atoms with E-state index in [-0.39, 0.29) is 0 Å². The molecule has 0 aliphatic carbocycles. The summed E-state index contributed by atoms with van der Waals surface area (Å²) in [4.78, 5) is 2.55. The largest absolute Gasteiger partial charge is 0.409 e. The fourth-order valence-corrected chi connectivity index (χ4v) is 2.71. The van der Waals surface area contributed by atoms with Crippen LogP contribution in [-0.4, -0.2) is 35.6 Å². The first-order chi connectivity index (χ1) is 8.43. The minimum Gasteiger partial charge on any atom is -0.409 e. The highest BCUT2D eigenvalue weighted by molar-refractivity contribution is 5.79. The summed E-state index contributed by atoms with van der Waals surface area (Å²) in [5.74, 6) is 1.22. The topological polar surface area (TPSA) is 61.8 Å². The Labute approximate surface area is 111 Å². The van der Waals surface area contributed by atoms with E-state index >= 15 is 0 Å². The highest BCUT2D eigenvalue weighted by Gasteiger charge is 2.28. The summed E-state index contributed by atoms with van der Waals surface area (Å²) in [5, 5.41) is 11.4. The van der Waals surface area contributed by atoms with Crippen LogP contribution in [-0.2, 0) is 0 Å². The molecule has 0 aromatic heterocycles. The van der Waals surface area contributed by atoms with Crippen molar-refractivity contribution >= 4 is 5.84 Å². The van der Waals surface area contributed by atoms with Crippen molar-refractivity contribution in [2.75, 3.05) is 19.6 Å². The Kier molecular flexibility index (Phi) is 5.93. The van der Waals surface area contributed by atoms with E-state index in [1.54, 1.807) is 0 Å². The van der Waals surface area contributed by atoms with E-state index in [1.807, 2.05) is 0 Å². The van der Waals surface area contributed by atoms with Crippen molar-refractivity contribution < 1.29 is 5.21 Å². The van der Waals surface area contributed by atoms with Gasteiger partial charge in [0.2, 0.25) is 0 Å². The Morgan fingerprint density at radius 3 is 2.39 bits per heavy atom. The first kappa shape index (κ1) is 15.3. The van der Waals surface area contributed by atoms with Crippen molar-refractivity contribution in [3.8, 4) is 0 Å². The summed E-state index contributed by atoms with van der Waals surface area (Å²) in [7, 11) is 0. The van der Waals surface area contributed by atoms with E-state index in [0.29, 0.717) is 17.7 Å². The zero-order valence-corrected chi connectivity index (χ0v) is 12.2. The summed E-state index contributed by atoms with van der Waals surface area (Å²) >= 11 is 0. The molecule has 0 aromatic rings. The van der Waals surface area contributed by atoms with E-state index in [9.17, 15) is 0 Å². The number of amidine groups is 1. The van der Waals surface area contributed by atoms with Crippen molar-refractivity contribution in [2.45, 2.75) is 52.9 Å². The van der Waals surface area contributed by atoms with Gasteiger partial charge in [0, 0.05) is 6.42 Å². The molecule has 0 bridgehead atoms. The second-order valence-electron chi connectivity index (χ2n) is 6.53. The number of piperidine rings is 1. The van der Waals surface area contributed by atoms with E-state index in [4.69, 9.17) is 10.9 Å². The molecule has 1 saturated heterocycles. The molecule has 1 aliphatic rings. The van der Waals surface area contributed by atoms with E-state index in [1.165, 1.54) is 25.9 Å². The molecule has 0 spiro atoms. The molecular weight excluding hydrogens is 226 g/mol. The maximum Gasteiger partial charge on any atom is 0.139 e. The van der Waals surface area contributed by atoms with Gasteiger partial charge in [-0.15, -0.1) is 0 Å². The second-order valence-corrected chi connectivity index (χ2v) is 6.53. The second kappa shape index (κ2) is 6.98. The normalized spacial score (nSPS) is 20.3. The van der Waals surface area contributed by atoms with Crippen LogP contribution in [0.5, 0.6) is 0 Å². The first-order valence-corrected chi connectivity index (χ1v) is 7.12. The summed E-state index contributed by atoms with van der Waals surface area (Å²) in [6.45, 7) is 10.7. The zero-order chi connectivity index (χ0) is 13.6. The molecule has 18 heavy (non-hydrogen) atoms. The van der Waals surface area contributed by atoms with Crippen LogP contribution >= 0.6 is 0 Å². The predicted molar refractivity (Wildman–Crippen MR) is 75.9 cm³/mol. The van der Waals surface area contributed by atoms with Gasteiger partial charge in [-0.3, -0.25) is 0 Å². The van der Waals surface area contributed by atoms with Gasteiger partial charge in [0.25, 0.3) is 0 Å². The van der Waals surface area contributed by atoms with E-state index in [2.05, 4.69) is 30.8 Å². The summed E-state index contributed by atoms with van der Waals surface area (Å²) < 4.78 is 0. The van der Waals surface area contributed by atoms with Crippen molar-refractivity contribution in [2.24, 2.45) is 22.2 Å². The predicted octanol–water partition coefficient (Wildman–Crippen LogP) is 2.66. The molecule has 0 atom stereocenters. The number of oxime groups is 1. The molecule has 0 radical (unpaired) electrons. The van der Waals surface area contributed by atoms with Crippen molar-refractivity contribution in [1.29, 1.82) is 0 Å². The molecule has 1 aliphatic heterocycles. The molecule has 4 nitrogen and oxygen atoms in total. The summed E-state index contributed by atoms with van der Waals surface area (Å²) in [5.41, 5.74) is 5.90. The number of nitrogens with zero attached hydrogens (tertiary/aromatic N) is 2. The van der Waals surface area contributed by atoms with Crippen molar-refractivity contribution in [1.82, 2.24) is 4.90 Å². The maximum atomic E-state index is 8.44. The van der Waals surface area contributed by atoms with Crippen LogP contribution in [0.1, 0.15) is 52.9 Å². The standard InChI is InChI=1S/C14H29N3O/c1-14(2,3)12-7-10-17(11-8-12)9-5-4-6-13(15)16-18/h12,18H,4-11H2,1-3H3,(H2,15,16). The lowest BCUT2D eigenvalue weighted by Crippen LogP contribution is -2.38. The van der Waals surface area contributed by atoms with Crippen LogP contribution in [0.15, 0.2) is 5.16 Å². The Balaban J connectivity index is 2.13. The number of rotatable bonds is 5. The molecule has 1 fully saturated rings. The van der Waals surface area contributed by atoms with Crippen molar-refractivity contribution in [3.63, 3.8) is 0 Å². The lowest BCUT2D eigenvalue weighted by Gasteiger charge is -2.38. The molecular formula is C14H29N3O. The van der Waals surface area contributed by atoms with Crippen LogP contribution in [0, 0.1) is 11.3 Å². The van der Waals surface area contributed by atoms with Crippen LogP contribution in [0.2, 0.25) is 0 Å². The number of hydrogen-bond donors (Lipinski definition) is 2. The molecule has 3 N–H and O–H groups in total. The minimum absolute atomic E-state index is 0.349. The van der Waals surface area contributed by atoms with Gasteiger partial charge in [-0.25, -0.2) is 0 Å². The number of hydrogen-bond acceptors (Lipinski definition) is 3. The first-order valence-electron chi connectivity index (χ1n) is 7.12. The quantitative estimate of drug-likeness (QED) is 0.261. The molecule has 0 saturated carbocycles. The molecule has 0 unspecified atom stereocenters. The zero-order valence-electron chi connectivity index (χ0n) is 12.2. The fraction of sp³-hybridized carbons (Fsp3) is 0.929. The molecule has 4 heteroatoms. The van der Waals surface area contributed by atoms with Crippen LogP contribution in [0.3, 0.4) is 0 Å². The van der Waals surface area contributed by atoms with Gasteiger partial charge >= 0.3 is 0 Å². The highest BCUT2D eigenvalue weighted by atomic mass is 16.4. The van der Waals surface area contributed by atoms with Gasteiger partial charge in [-0.2, -0.15) is 0 Å². The molecule has 0 amide bonds. The Hall–Kier alpha value is -0.770. The summed E-state index contributed by atoms with van der Waals surface area (Å²) in [6, 6.07) is 0. The van der Waals surface area contributed by atoms with Gasteiger partial charge in [0.15, 0.2) is 0 Å². The van der Waals surface area contributed by atoms with Crippen molar-refractivity contribution in [3.05, 3.63) is 0 Å². The van der Waals surface area contributed by atoms with Crippen LogP contribution in [0.4, 0.5) is 0 Å². The average Bonchev–Trinajstić information content (AvgIpc) is 2.33. The fourth-order valence-electron chi connectivity index (χ4n) is 2.71. The Morgan fingerprint density at radius 2 is 1.89 bits per heavy atom. The smallest absolute Gasteiger partial charge is 0.139 e. The Bertz CT molecular complexity index is 263. The monoisotopic (exact) mass is 255 g/mol. The third-order valence-electron chi connectivity index (χ3n) is 4.10. The molecule has 0 aromatic carbocycles.